The molecule has 4 nitrogen and oxygen atoms in total. The highest BCUT2D eigenvalue weighted by Gasteiger charge is 2.40. The van der Waals surface area contributed by atoms with Crippen LogP contribution in [0.15, 0.2) is 48.5 Å². The largest absolute Gasteiger partial charge is 0.497 e. The van der Waals surface area contributed by atoms with Crippen molar-refractivity contribution in [2.45, 2.75) is 50.7 Å². The molecule has 0 bridgehead atoms. The van der Waals surface area contributed by atoms with Crippen LogP contribution in [0, 0.1) is 0 Å². The summed E-state index contributed by atoms with van der Waals surface area (Å²) in [4.78, 5) is 13.3. The van der Waals surface area contributed by atoms with Crippen molar-refractivity contribution in [1.82, 2.24) is 5.32 Å². The smallest absolute Gasteiger partial charge is 0.230 e. The molecule has 0 saturated heterocycles. The molecule has 1 amide bonds. The van der Waals surface area contributed by atoms with E-state index >= 15 is 0 Å². The van der Waals surface area contributed by atoms with Gasteiger partial charge in [0.15, 0.2) is 0 Å². The van der Waals surface area contributed by atoms with Crippen molar-refractivity contribution in [3.63, 3.8) is 0 Å². The van der Waals surface area contributed by atoms with Gasteiger partial charge in [-0.15, -0.1) is 0 Å². The molecule has 1 N–H and O–H groups in total. The van der Waals surface area contributed by atoms with Crippen LogP contribution in [0.1, 0.15) is 48.8 Å². The minimum atomic E-state index is -0.444. The van der Waals surface area contributed by atoms with Gasteiger partial charge in [-0.05, 0) is 41.7 Å². The van der Waals surface area contributed by atoms with Crippen molar-refractivity contribution in [2.75, 3.05) is 14.2 Å². The fourth-order valence-corrected chi connectivity index (χ4v) is 4.08. The minimum Gasteiger partial charge on any atom is -0.497 e. The lowest BCUT2D eigenvalue weighted by Gasteiger charge is -2.36. The van der Waals surface area contributed by atoms with Crippen molar-refractivity contribution < 1.29 is 14.3 Å². The molecular formula is C23H29NO3. The van der Waals surface area contributed by atoms with Crippen molar-refractivity contribution in [3.05, 3.63) is 65.2 Å². The molecule has 3 rings (SSSR count). The van der Waals surface area contributed by atoms with Crippen LogP contribution in [-0.4, -0.2) is 20.1 Å². The molecule has 27 heavy (non-hydrogen) atoms. The van der Waals surface area contributed by atoms with Gasteiger partial charge in [0, 0.05) is 13.7 Å². The Kier molecular flexibility index (Phi) is 6.51. The standard InChI is InChI=1S/C23H29NO3/c1-26-17-19-9-5-4-8-18(19)16-24-22(25)23(14-6-3-7-15-23)20-10-12-21(27-2)13-11-20/h4-5,8-13H,3,6-7,14-17H2,1-2H3,(H,24,25). The number of amides is 1. The molecule has 1 aliphatic carbocycles. The Balaban J connectivity index is 1.80. The average molecular weight is 367 g/mol. The van der Waals surface area contributed by atoms with Crippen LogP contribution in [0.5, 0.6) is 5.75 Å². The zero-order valence-corrected chi connectivity index (χ0v) is 16.3. The first-order chi connectivity index (χ1) is 13.2. The number of hydrogen-bond acceptors (Lipinski definition) is 3. The molecule has 0 aliphatic heterocycles. The first kappa shape index (κ1) is 19.4. The first-order valence-corrected chi connectivity index (χ1v) is 9.68. The van der Waals surface area contributed by atoms with Crippen molar-refractivity contribution in [1.29, 1.82) is 0 Å². The molecule has 1 aliphatic rings. The van der Waals surface area contributed by atoms with Gasteiger partial charge in [0.05, 0.1) is 19.1 Å². The third-order valence-corrected chi connectivity index (χ3v) is 5.64. The number of methoxy groups -OCH3 is 2. The zero-order chi connectivity index (χ0) is 19.1. The average Bonchev–Trinajstić information content (AvgIpc) is 2.73. The number of rotatable bonds is 7. The summed E-state index contributed by atoms with van der Waals surface area (Å²) in [5, 5.41) is 3.21. The van der Waals surface area contributed by atoms with Crippen LogP contribution in [0.3, 0.4) is 0 Å². The topological polar surface area (TPSA) is 47.6 Å². The minimum absolute atomic E-state index is 0.125. The van der Waals surface area contributed by atoms with Crippen molar-refractivity contribution in [3.8, 4) is 5.75 Å². The molecule has 2 aromatic carbocycles. The molecule has 0 radical (unpaired) electrons. The van der Waals surface area contributed by atoms with Crippen LogP contribution >= 0.6 is 0 Å². The van der Waals surface area contributed by atoms with Gasteiger partial charge in [-0.1, -0.05) is 55.7 Å². The van der Waals surface area contributed by atoms with Crippen LogP contribution in [0.4, 0.5) is 0 Å². The lowest BCUT2D eigenvalue weighted by atomic mass is 9.68. The molecule has 0 unspecified atom stereocenters. The number of carbonyl (C=O) groups excluding carboxylic acids is 1. The highest BCUT2D eigenvalue weighted by Crippen LogP contribution is 2.40. The van der Waals surface area contributed by atoms with Crippen LogP contribution < -0.4 is 10.1 Å². The normalized spacial score (nSPS) is 15.9. The number of benzene rings is 2. The molecule has 0 atom stereocenters. The van der Waals surface area contributed by atoms with E-state index in [-0.39, 0.29) is 5.91 Å². The van der Waals surface area contributed by atoms with Gasteiger partial charge in [-0.25, -0.2) is 0 Å². The van der Waals surface area contributed by atoms with Gasteiger partial charge >= 0.3 is 0 Å². The van der Waals surface area contributed by atoms with E-state index in [4.69, 9.17) is 9.47 Å². The quantitative estimate of drug-likeness (QED) is 0.791. The number of ether oxygens (including phenoxy) is 2. The lowest BCUT2D eigenvalue weighted by molar-refractivity contribution is -0.128. The lowest BCUT2D eigenvalue weighted by Crippen LogP contribution is -2.45. The second-order valence-electron chi connectivity index (χ2n) is 7.26. The fourth-order valence-electron chi connectivity index (χ4n) is 4.08. The van der Waals surface area contributed by atoms with Gasteiger partial charge in [-0.2, -0.15) is 0 Å². The number of hydrogen-bond donors (Lipinski definition) is 1. The van der Waals surface area contributed by atoms with Crippen LogP contribution in [0.25, 0.3) is 0 Å². The Morgan fingerprint density at radius 1 is 0.963 bits per heavy atom. The summed E-state index contributed by atoms with van der Waals surface area (Å²) in [6.45, 7) is 1.08. The van der Waals surface area contributed by atoms with E-state index in [9.17, 15) is 4.79 Å². The van der Waals surface area contributed by atoms with E-state index < -0.39 is 5.41 Å². The van der Waals surface area contributed by atoms with E-state index in [0.717, 1.165) is 48.1 Å². The summed E-state index contributed by atoms with van der Waals surface area (Å²) in [6, 6.07) is 16.1. The first-order valence-electron chi connectivity index (χ1n) is 9.68. The second kappa shape index (κ2) is 9.05. The van der Waals surface area contributed by atoms with Gasteiger partial charge in [-0.3, -0.25) is 4.79 Å². The molecule has 0 aromatic heterocycles. The van der Waals surface area contributed by atoms with E-state index in [1.54, 1.807) is 14.2 Å². The summed E-state index contributed by atoms with van der Waals surface area (Å²) >= 11 is 0. The Hall–Kier alpha value is -2.33. The third-order valence-electron chi connectivity index (χ3n) is 5.64. The maximum absolute atomic E-state index is 13.3. The monoisotopic (exact) mass is 367 g/mol. The van der Waals surface area contributed by atoms with Crippen molar-refractivity contribution in [2.24, 2.45) is 0 Å². The summed E-state index contributed by atoms with van der Waals surface area (Å²) < 4.78 is 10.6. The number of nitrogens with one attached hydrogen (secondary N) is 1. The predicted octanol–water partition coefficient (Wildman–Crippen LogP) is 4.36. The summed E-state index contributed by atoms with van der Waals surface area (Å²) in [6.07, 6.45) is 5.15. The summed E-state index contributed by atoms with van der Waals surface area (Å²) in [7, 11) is 3.35. The van der Waals surface area contributed by atoms with Crippen LogP contribution in [-0.2, 0) is 28.1 Å². The fraction of sp³-hybridized carbons (Fsp3) is 0.435. The second-order valence-corrected chi connectivity index (χ2v) is 7.26. The Morgan fingerprint density at radius 3 is 2.26 bits per heavy atom. The van der Waals surface area contributed by atoms with E-state index in [1.807, 2.05) is 42.5 Å². The van der Waals surface area contributed by atoms with Gasteiger partial charge < -0.3 is 14.8 Å². The van der Waals surface area contributed by atoms with Gasteiger partial charge in [0.1, 0.15) is 5.75 Å². The SMILES string of the molecule is COCc1ccccc1CNC(=O)C1(c2ccc(OC)cc2)CCCCC1. The Morgan fingerprint density at radius 2 is 1.63 bits per heavy atom. The molecule has 1 saturated carbocycles. The summed E-state index contributed by atoms with van der Waals surface area (Å²) in [5.41, 5.74) is 2.86. The molecule has 4 heteroatoms. The maximum Gasteiger partial charge on any atom is 0.230 e. The molecule has 2 aromatic rings. The van der Waals surface area contributed by atoms with E-state index in [2.05, 4.69) is 11.4 Å². The molecule has 0 spiro atoms. The Bertz CT molecular complexity index is 748. The van der Waals surface area contributed by atoms with Gasteiger partial charge in [0.2, 0.25) is 5.91 Å². The van der Waals surface area contributed by atoms with Gasteiger partial charge in [0.25, 0.3) is 0 Å². The molecule has 1 fully saturated rings. The Labute approximate surface area is 161 Å². The van der Waals surface area contributed by atoms with Crippen LogP contribution in [0.2, 0.25) is 0 Å². The predicted molar refractivity (Wildman–Crippen MR) is 107 cm³/mol. The molecular weight excluding hydrogens is 338 g/mol. The highest BCUT2D eigenvalue weighted by molar-refractivity contribution is 5.88. The third kappa shape index (κ3) is 4.33. The zero-order valence-electron chi connectivity index (χ0n) is 16.3. The maximum atomic E-state index is 13.3. The summed E-state index contributed by atoms with van der Waals surface area (Å²) in [5.74, 6) is 0.943. The van der Waals surface area contributed by atoms with Crippen molar-refractivity contribution >= 4 is 5.91 Å². The highest BCUT2D eigenvalue weighted by atomic mass is 16.5. The number of carbonyl (C=O) groups is 1. The van der Waals surface area contributed by atoms with E-state index in [1.165, 1.54) is 6.42 Å². The molecule has 0 heterocycles. The molecule has 144 valence electrons. The van der Waals surface area contributed by atoms with E-state index in [0.29, 0.717) is 13.2 Å².